The fraction of sp³-hybridized carbons (Fsp3) is 0.385. The van der Waals surface area contributed by atoms with Crippen LogP contribution in [0.1, 0.15) is 19.3 Å². The summed E-state index contributed by atoms with van der Waals surface area (Å²) in [6, 6.07) is 5.38. The van der Waals surface area contributed by atoms with Crippen LogP contribution >= 0.6 is 34.2 Å². The van der Waals surface area contributed by atoms with Gasteiger partial charge in [-0.3, -0.25) is 9.59 Å². The number of carboxylic acids is 1. The molecule has 0 radical (unpaired) electrons. The Kier molecular flexibility index (Phi) is 4.67. The monoisotopic (exact) mass is 393 g/mol. The molecular weight excluding hydrogens is 381 g/mol. The van der Waals surface area contributed by atoms with Crippen molar-refractivity contribution in [1.29, 1.82) is 0 Å². The Hall–Kier alpha value is -0.820. The van der Waals surface area contributed by atoms with Gasteiger partial charge in [-0.1, -0.05) is 11.6 Å². The Bertz CT molecular complexity index is 521. The van der Waals surface area contributed by atoms with Crippen molar-refractivity contribution < 1.29 is 14.7 Å². The summed E-state index contributed by atoms with van der Waals surface area (Å²) in [7, 11) is 0. The minimum absolute atomic E-state index is 0.146. The van der Waals surface area contributed by atoms with Crippen LogP contribution in [0.3, 0.4) is 0 Å². The van der Waals surface area contributed by atoms with Gasteiger partial charge in [0.25, 0.3) is 0 Å². The summed E-state index contributed by atoms with van der Waals surface area (Å²) in [4.78, 5) is 22.9. The number of halogens is 2. The lowest BCUT2D eigenvalue weighted by Crippen LogP contribution is -2.21. The minimum Gasteiger partial charge on any atom is -0.481 e. The molecule has 0 saturated heterocycles. The third kappa shape index (κ3) is 3.60. The first kappa shape index (κ1) is 14.6. The van der Waals surface area contributed by atoms with E-state index in [1.807, 2.05) is 6.07 Å². The van der Waals surface area contributed by atoms with Crippen molar-refractivity contribution in [3.05, 3.63) is 26.8 Å². The van der Waals surface area contributed by atoms with Crippen molar-refractivity contribution in [3.63, 3.8) is 0 Å². The number of hydrogen-bond acceptors (Lipinski definition) is 2. The van der Waals surface area contributed by atoms with E-state index in [4.69, 9.17) is 16.7 Å². The van der Waals surface area contributed by atoms with Crippen molar-refractivity contribution in [2.45, 2.75) is 19.3 Å². The molecule has 1 aromatic carbocycles. The maximum absolute atomic E-state index is 12.1. The van der Waals surface area contributed by atoms with Crippen molar-refractivity contribution in [2.75, 3.05) is 5.32 Å². The van der Waals surface area contributed by atoms with Crippen LogP contribution in [0.4, 0.5) is 5.69 Å². The number of aliphatic carboxylic acids is 1. The lowest BCUT2D eigenvalue weighted by molar-refractivity contribution is -0.141. The second kappa shape index (κ2) is 6.09. The summed E-state index contributed by atoms with van der Waals surface area (Å²) >= 11 is 8.19. The molecule has 1 saturated carbocycles. The molecule has 4 nitrogen and oxygen atoms in total. The molecule has 19 heavy (non-hydrogen) atoms. The zero-order valence-electron chi connectivity index (χ0n) is 10.0. The predicted molar refractivity (Wildman–Crippen MR) is 81.3 cm³/mol. The van der Waals surface area contributed by atoms with Gasteiger partial charge in [-0.15, -0.1) is 0 Å². The average molecular weight is 394 g/mol. The number of anilines is 1. The molecule has 1 aliphatic rings. The highest BCUT2D eigenvalue weighted by atomic mass is 127. The third-order valence-corrected chi connectivity index (χ3v) is 4.33. The van der Waals surface area contributed by atoms with Crippen LogP contribution in [-0.2, 0) is 9.59 Å². The number of amides is 1. The Morgan fingerprint density at radius 1 is 1.32 bits per heavy atom. The average Bonchev–Trinajstić information content (AvgIpc) is 2.82. The van der Waals surface area contributed by atoms with Crippen LogP contribution in [0.2, 0.25) is 5.02 Å². The van der Waals surface area contributed by atoms with Gasteiger partial charge in [0, 0.05) is 9.49 Å². The van der Waals surface area contributed by atoms with E-state index >= 15 is 0 Å². The number of carbonyl (C=O) groups is 2. The quantitative estimate of drug-likeness (QED) is 0.774. The largest absolute Gasteiger partial charge is 0.481 e. The van der Waals surface area contributed by atoms with E-state index in [0.717, 1.165) is 3.57 Å². The molecule has 2 rings (SSSR count). The van der Waals surface area contributed by atoms with Gasteiger partial charge >= 0.3 is 5.97 Å². The van der Waals surface area contributed by atoms with Gasteiger partial charge in [-0.2, -0.15) is 0 Å². The number of hydrogen-bond donors (Lipinski definition) is 2. The standard InChI is InChI=1S/C13H13ClINO3/c14-10-6-9(15)3-4-11(10)16-12(17)7-1-2-8(5-7)13(18)19/h3-4,6-8H,1-2,5H2,(H,16,17)(H,18,19). The molecule has 0 aliphatic heterocycles. The second-order valence-electron chi connectivity index (χ2n) is 4.66. The molecule has 102 valence electrons. The Labute approximate surface area is 129 Å². The fourth-order valence-corrected chi connectivity index (χ4v) is 3.17. The summed E-state index contributed by atoms with van der Waals surface area (Å²) in [5.74, 6) is -1.60. The predicted octanol–water partition coefficient (Wildman–Crippen LogP) is 3.38. The molecule has 2 N–H and O–H groups in total. The van der Waals surface area contributed by atoms with Crippen LogP contribution in [0.15, 0.2) is 18.2 Å². The molecule has 0 heterocycles. The van der Waals surface area contributed by atoms with Crippen LogP contribution in [-0.4, -0.2) is 17.0 Å². The molecule has 1 fully saturated rings. The molecule has 2 unspecified atom stereocenters. The molecule has 6 heteroatoms. The van der Waals surface area contributed by atoms with Gasteiger partial charge in [0.15, 0.2) is 0 Å². The van der Waals surface area contributed by atoms with E-state index in [1.54, 1.807) is 12.1 Å². The van der Waals surface area contributed by atoms with E-state index < -0.39 is 11.9 Å². The van der Waals surface area contributed by atoms with E-state index in [-0.39, 0.29) is 11.8 Å². The van der Waals surface area contributed by atoms with E-state index in [2.05, 4.69) is 27.9 Å². The maximum atomic E-state index is 12.1. The Morgan fingerprint density at radius 3 is 2.58 bits per heavy atom. The molecular formula is C13H13ClINO3. The Balaban J connectivity index is 2.00. The zero-order chi connectivity index (χ0) is 14.0. The Morgan fingerprint density at radius 2 is 2.00 bits per heavy atom. The molecule has 1 aromatic rings. The smallest absolute Gasteiger partial charge is 0.306 e. The first-order valence-electron chi connectivity index (χ1n) is 5.96. The number of benzene rings is 1. The van der Waals surface area contributed by atoms with Gasteiger partial charge in [-0.05, 0) is 60.1 Å². The summed E-state index contributed by atoms with van der Waals surface area (Å²) in [6.07, 6.45) is 1.59. The minimum atomic E-state index is -0.817. The first-order valence-corrected chi connectivity index (χ1v) is 7.41. The zero-order valence-corrected chi connectivity index (χ0v) is 12.9. The SMILES string of the molecule is O=C(O)C1CCC(C(=O)Nc2ccc(I)cc2Cl)C1. The molecule has 2 atom stereocenters. The molecule has 1 amide bonds. The number of carboxylic acid groups (broad SMARTS) is 1. The van der Waals surface area contributed by atoms with Gasteiger partial charge < -0.3 is 10.4 Å². The van der Waals surface area contributed by atoms with E-state index in [1.165, 1.54) is 0 Å². The number of carbonyl (C=O) groups excluding carboxylic acids is 1. The highest BCUT2D eigenvalue weighted by Gasteiger charge is 2.33. The number of nitrogens with one attached hydrogen (secondary N) is 1. The molecule has 0 bridgehead atoms. The summed E-state index contributed by atoms with van der Waals surface area (Å²) < 4.78 is 0.993. The van der Waals surface area contributed by atoms with Crippen LogP contribution < -0.4 is 5.32 Å². The topological polar surface area (TPSA) is 66.4 Å². The van der Waals surface area contributed by atoms with Crippen LogP contribution in [0.25, 0.3) is 0 Å². The summed E-state index contributed by atoms with van der Waals surface area (Å²) in [5.41, 5.74) is 0.575. The van der Waals surface area contributed by atoms with Gasteiger partial charge in [0.05, 0.1) is 16.6 Å². The lowest BCUT2D eigenvalue weighted by Gasteiger charge is -2.12. The molecule has 1 aliphatic carbocycles. The first-order chi connectivity index (χ1) is 8.97. The van der Waals surface area contributed by atoms with E-state index in [0.29, 0.717) is 30.0 Å². The van der Waals surface area contributed by atoms with Crippen LogP contribution in [0.5, 0.6) is 0 Å². The van der Waals surface area contributed by atoms with Gasteiger partial charge in [0.1, 0.15) is 0 Å². The molecule has 0 aromatic heterocycles. The normalized spacial score (nSPS) is 22.2. The third-order valence-electron chi connectivity index (χ3n) is 3.34. The molecule has 0 spiro atoms. The fourth-order valence-electron chi connectivity index (χ4n) is 2.27. The van der Waals surface area contributed by atoms with Crippen molar-refractivity contribution in [3.8, 4) is 0 Å². The highest BCUT2D eigenvalue weighted by molar-refractivity contribution is 14.1. The van der Waals surface area contributed by atoms with Crippen LogP contribution in [0, 0.1) is 15.4 Å². The summed E-state index contributed by atoms with van der Waals surface area (Å²) in [5, 5.41) is 12.2. The lowest BCUT2D eigenvalue weighted by atomic mass is 10.0. The highest BCUT2D eigenvalue weighted by Crippen LogP contribution is 2.32. The maximum Gasteiger partial charge on any atom is 0.306 e. The van der Waals surface area contributed by atoms with E-state index in [9.17, 15) is 9.59 Å². The van der Waals surface area contributed by atoms with Crippen molar-refractivity contribution >= 4 is 51.8 Å². The van der Waals surface area contributed by atoms with Crippen molar-refractivity contribution in [2.24, 2.45) is 11.8 Å². The summed E-state index contributed by atoms with van der Waals surface area (Å²) in [6.45, 7) is 0. The number of rotatable bonds is 3. The van der Waals surface area contributed by atoms with Crippen molar-refractivity contribution in [1.82, 2.24) is 0 Å². The second-order valence-corrected chi connectivity index (χ2v) is 6.31. The van der Waals surface area contributed by atoms with Gasteiger partial charge in [-0.25, -0.2) is 0 Å². The van der Waals surface area contributed by atoms with Gasteiger partial charge in [0.2, 0.25) is 5.91 Å².